The quantitative estimate of drug-likeness (QED) is 0.878. The molecule has 1 aromatic carbocycles. The van der Waals surface area contributed by atoms with E-state index in [1.165, 1.54) is 0 Å². The number of ether oxygens (including phenoxy) is 1. The standard InChI is InChI=1S/C13H17N3O2/c1-9(11-5-4-6-12(7-11)17-3)14-8-13-16-15-10(2)18-13/h4-7,9,14H,8H2,1-3H3/t9-/m0/s1. The molecule has 96 valence electrons. The summed E-state index contributed by atoms with van der Waals surface area (Å²) in [7, 11) is 1.67. The Balaban J connectivity index is 1.96. The summed E-state index contributed by atoms with van der Waals surface area (Å²) in [6.07, 6.45) is 0. The van der Waals surface area contributed by atoms with Gasteiger partial charge in [-0.25, -0.2) is 0 Å². The van der Waals surface area contributed by atoms with Crippen molar-refractivity contribution in [2.24, 2.45) is 0 Å². The fourth-order valence-corrected chi connectivity index (χ4v) is 1.68. The van der Waals surface area contributed by atoms with Gasteiger partial charge in [0, 0.05) is 13.0 Å². The summed E-state index contributed by atoms with van der Waals surface area (Å²) in [5.74, 6) is 2.04. The largest absolute Gasteiger partial charge is 0.497 e. The van der Waals surface area contributed by atoms with Gasteiger partial charge in [0.05, 0.1) is 13.7 Å². The second-order valence-corrected chi connectivity index (χ2v) is 4.09. The molecule has 0 aliphatic carbocycles. The molecule has 1 aromatic heterocycles. The molecule has 0 aliphatic rings. The lowest BCUT2D eigenvalue weighted by Crippen LogP contribution is -2.18. The molecule has 1 N–H and O–H groups in total. The Bertz CT molecular complexity index is 510. The SMILES string of the molecule is COc1cccc([C@H](C)NCc2nnc(C)o2)c1. The van der Waals surface area contributed by atoms with Gasteiger partial charge in [-0.1, -0.05) is 12.1 Å². The average molecular weight is 247 g/mol. The van der Waals surface area contributed by atoms with Crippen LogP contribution in [0.2, 0.25) is 0 Å². The molecule has 0 aliphatic heterocycles. The third-order valence-corrected chi connectivity index (χ3v) is 2.72. The van der Waals surface area contributed by atoms with Crippen LogP contribution in [-0.4, -0.2) is 17.3 Å². The Labute approximate surface area is 106 Å². The van der Waals surface area contributed by atoms with E-state index in [-0.39, 0.29) is 6.04 Å². The van der Waals surface area contributed by atoms with E-state index in [0.29, 0.717) is 18.3 Å². The summed E-state index contributed by atoms with van der Waals surface area (Å²) < 4.78 is 10.5. The highest BCUT2D eigenvalue weighted by Crippen LogP contribution is 2.18. The molecule has 1 heterocycles. The van der Waals surface area contributed by atoms with Crippen LogP contribution in [0.4, 0.5) is 0 Å². The molecular formula is C13H17N3O2. The second kappa shape index (κ2) is 5.64. The minimum atomic E-state index is 0.187. The third-order valence-electron chi connectivity index (χ3n) is 2.72. The van der Waals surface area contributed by atoms with Crippen molar-refractivity contribution in [2.45, 2.75) is 26.4 Å². The first-order chi connectivity index (χ1) is 8.69. The van der Waals surface area contributed by atoms with Gasteiger partial charge >= 0.3 is 0 Å². The molecule has 0 saturated heterocycles. The van der Waals surface area contributed by atoms with Crippen molar-refractivity contribution in [1.82, 2.24) is 15.5 Å². The van der Waals surface area contributed by atoms with Gasteiger partial charge in [0.2, 0.25) is 11.8 Å². The Morgan fingerprint density at radius 2 is 2.22 bits per heavy atom. The van der Waals surface area contributed by atoms with Crippen molar-refractivity contribution >= 4 is 0 Å². The first-order valence-corrected chi connectivity index (χ1v) is 5.85. The number of hydrogen-bond acceptors (Lipinski definition) is 5. The van der Waals surface area contributed by atoms with Crippen LogP contribution in [0, 0.1) is 6.92 Å². The van der Waals surface area contributed by atoms with Gasteiger partial charge in [0.25, 0.3) is 0 Å². The number of nitrogens with one attached hydrogen (secondary N) is 1. The van der Waals surface area contributed by atoms with Crippen LogP contribution >= 0.6 is 0 Å². The van der Waals surface area contributed by atoms with E-state index in [1.54, 1.807) is 14.0 Å². The first-order valence-electron chi connectivity index (χ1n) is 5.85. The molecule has 0 spiro atoms. The van der Waals surface area contributed by atoms with Gasteiger partial charge in [-0.2, -0.15) is 0 Å². The molecule has 5 nitrogen and oxygen atoms in total. The van der Waals surface area contributed by atoms with Gasteiger partial charge in [-0.3, -0.25) is 0 Å². The van der Waals surface area contributed by atoms with Gasteiger partial charge in [0.1, 0.15) is 5.75 Å². The molecule has 18 heavy (non-hydrogen) atoms. The number of benzene rings is 1. The van der Waals surface area contributed by atoms with Crippen LogP contribution < -0.4 is 10.1 Å². The van der Waals surface area contributed by atoms with E-state index >= 15 is 0 Å². The van der Waals surface area contributed by atoms with E-state index in [4.69, 9.17) is 9.15 Å². The first kappa shape index (κ1) is 12.6. The van der Waals surface area contributed by atoms with Crippen molar-refractivity contribution in [2.75, 3.05) is 7.11 Å². The number of nitrogens with zero attached hydrogens (tertiary/aromatic N) is 2. The molecule has 2 rings (SSSR count). The van der Waals surface area contributed by atoms with Crippen molar-refractivity contribution in [3.05, 3.63) is 41.6 Å². The lowest BCUT2D eigenvalue weighted by atomic mass is 10.1. The molecule has 0 amide bonds. The summed E-state index contributed by atoms with van der Waals surface area (Å²) in [5, 5.41) is 11.1. The highest BCUT2D eigenvalue weighted by atomic mass is 16.5. The topological polar surface area (TPSA) is 60.2 Å². The Morgan fingerprint density at radius 3 is 2.89 bits per heavy atom. The predicted molar refractivity (Wildman–Crippen MR) is 67.3 cm³/mol. The van der Waals surface area contributed by atoms with Crippen LogP contribution in [0.3, 0.4) is 0 Å². The molecule has 1 atom stereocenters. The molecule has 0 fully saturated rings. The van der Waals surface area contributed by atoms with E-state index in [9.17, 15) is 0 Å². The summed E-state index contributed by atoms with van der Waals surface area (Å²) in [6, 6.07) is 8.16. The zero-order chi connectivity index (χ0) is 13.0. The second-order valence-electron chi connectivity index (χ2n) is 4.09. The lowest BCUT2D eigenvalue weighted by molar-refractivity contribution is 0.411. The highest BCUT2D eigenvalue weighted by molar-refractivity contribution is 5.30. The van der Waals surface area contributed by atoms with Crippen molar-refractivity contribution in [3.8, 4) is 5.75 Å². The van der Waals surface area contributed by atoms with E-state index < -0.39 is 0 Å². The number of rotatable bonds is 5. The Kier molecular flexibility index (Phi) is 3.94. The van der Waals surface area contributed by atoms with E-state index in [0.717, 1.165) is 11.3 Å². The monoisotopic (exact) mass is 247 g/mol. The van der Waals surface area contributed by atoms with Crippen LogP contribution in [0.1, 0.15) is 30.3 Å². The fraction of sp³-hybridized carbons (Fsp3) is 0.385. The summed E-state index contributed by atoms with van der Waals surface area (Å²) >= 11 is 0. The van der Waals surface area contributed by atoms with Crippen LogP contribution in [0.25, 0.3) is 0 Å². The maximum absolute atomic E-state index is 5.31. The highest BCUT2D eigenvalue weighted by Gasteiger charge is 2.08. The van der Waals surface area contributed by atoms with Gasteiger partial charge in [-0.15, -0.1) is 10.2 Å². The molecule has 5 heteroatoms. The maximum atomic E-state index is 5.31. The Hall–Kier alpha value is -1.88. The molecule has 0 unspecified atom stereocenters. The van der Waals surface area contributed by atoms with Crippen LogP contribution in [0.15, 0.2) is 28.7 Å². The normalized spacial score (nSPS) is 12.4. The molecule has 0 saturated carbocycles. The number of aryl methyl sites for hydroxylation is 1. The van der Waals surface area contributed by atoms with Crippen LogP contribution in [-0.2, 0) is 6.54 Å². The number of aromatic nitrogens is 2. The van der Waals surface area contributed by atoms with Crippen LogP contribution in [0.5, 0.6) is 5.75 Å². The van der Waals surface area contributed by atoms with E-state index in [2.05, 4.69) is 28.5 Å². The minimum absolute atomic E-state index is 0.187. The lowest BCUT2D eigenvalue weighted by Gasteiger charge is -2.13. The van der Waals surface area contributed by atoms with Gasteiger partial charge < -0.3 is 14.5 Å². The van der Waals surface area contributed by atoms with Crippen molar-refractivity contribution < 1.29 is 9.15 Å². The zero-order valence-corrected chi connectivity index (χ0v) is 10.8. The summed E-state index contributed by atoms with van der Waals surface area (Å²) in [6.45, 7) is 4.42. The fourth-order valence-electron chi connectivity index (χ4n) is 1.68. The van der Waals surface area contributed by atoms with Gasteiger partial charge in [-0.05, 0) is 24.6 Å². The summed E-state index contributed by atoms with van der Waals surface area (Å²) in [4.78, 5) is 0. The zero-order valence-electron chi connectivity index (χ0n) is 10.8. The Morgan fingerprint density at radius 1 is 1.39 bits per heavy atom. The molecule has 0 bridgehead atoms. The van der Waals surface area contributed by atoms with E-state index in [1.807, 2.05) is 18.2 Å². The van der Waals surface area contributed by atoms with Gasteiger partial charge in [0.15, 0.2) is 0 Å². The summed E-state index contributed by atoms with van der Waals surface area (Å²) in [5.41, 5.74) is 1.16. The smallest absolute Gasteiger partial charge is 0.230 e. The predicted octanol–water partition coefficient (Wildman–Crippen LogP) is 2.24. The van der Waals surface area contributed by atoms with Crippen molar-refractivity contribution in [3.63, 3.8) is 0 Å². The third kappa shape index (κ3) is 3.07. The maximum Gasteiger partial charge on any atom is 0.230 e. The number of methoxy groups -OCH3 is 1. The van der Waals surface area contributed by atoms with Crippen molar-refractivity contribution in [1.29, 1.82) is 0 Å². The molecule has 0 radical (unpaired) electrons. The molecule has 2 aromatic rings. The minimum Gasteiger partial charge on any atom is -0.497 e. The molecular weight excluding hydrogens is 230 g/mol. The number of hydrogen-bond donors (Lipinski definition) is 1. The average Bonchev–Trinajstić information content (AvgIpc) is 2.82.